The van der Waals surface area contributed by atoms with Crippen LogP contribution in [0.5, 0.6) is 5.88 Å². The Morgan fingerprint density at radius 3 is 2.89 bits per heavy atom. The molecular weight excluding hydrogens is 256 g/mol. The molecule has 0 spiro atoms. The number of pyridine rings is 1. The number of hydrogen-bond acceptors (Lipinski definition) is 4. The molecule has 1 atom stereocenters. The summed E-state index contributed by atoms with van der Waals surface area (Å²) < 4.78 is 5.07. The zero-order valence-electron chi connectivity index (χ0n) is 11.0. The molecule has 0 saturated heterocycles. The lowest BCUT2D eigenvalue weighted by Crippen LogP contribution is -2.21. The molecule has 3 rings (SSSR count). The largest absolute Gasteiger partial charge is 0.481 e. The summed E-state index contributed by atoms with van der Waals surface area (Å²) in [5, 5.41) is 5.82. The zero-order chi connectivity index (χ0) is 13.1. The van der Waals surface area contributed by atoms with E-state index < -0.39 is 0 Å². The summed E-state index contributed by atoms with van der Waals surface area (Å²) in [5.41, 5.74) is 1.20. The molecule has 2 aromatic rings. The van der Waals surface area contributed by atoms with Crippen LogP contribution in [0.2, 0.25) is 0 Å². The van der Waals surface area contributed by atoms with E-state index in [0.29, 0.717) is 11.9 Å². The first-order chi connectivity index (χ1) is 9.36. The maximum absolute atomic E-state index is 5.07. The number of methoxy groups -OCH3 is 1. The lowest BCUT2D eigenvalue weighted by molar-refractivity contribution is 0.397. The highest BCUT2D eigenvalue weighted by molar-refractivity contribution is 7.10. The molecule has 2 heterocycles. The van der Waals surface area contributed by atoms with Crippen molar-refractivity contribution in [3.8, 4) is 5.88 Å². The highest BCUT2D eigenvalue weighted by Gasteiger charge is 2.32. The molecule has 4 heteroatoms. The van der Waals surface area contributed by atoms with Crippen LogP contribution >= 0.6 is 11.3 Å². The van der Waals surface area contributed by atoms with E-state index in [0.717, 1.165) is 12.5 Å². The van der Waals surface area contributed by atoms with E-state index in [1.807, 2.05) is 23.6 Å². The first kappa shape index (κ1) is 12.6. The van der Waals surface area contributed by atoms with Crippen LogP contribution < -0.4 is 10.1 Å². The van der Waals surface area contributed by atoms with Crippen LogP contribution in [0.25, 0.3) is 0 Å². The van der Waals surface area contributed by atoms with Gasteiger partial charge in [0.1, 0.15) is 0 Å². The van der Waals surface area contributed by atoms with Crippen LogP contribution in [0, 0.1) is 5.92 Å². The number of hydrogen-bond donors (Lipinski definition) is 1. The highest BCUT2D eigenvalue weighted by atomic mass is 32.1. The quantitative estimate of drug-likeness (QED) is 0.876. The van der Waals surface area contributed by atoms with Gasteiger partial charge in [-0.15, -0.1) is 11.3 Å². The predicted octanol–water partition coefficient (Wildman–Crippen LogP) is 3.39. The number of thiophene rings is 1. The van der Waals surface area contributed by atoms with E-state index >= 15 is 0 Å². The standard InChI is InChI=1S/C15H18N2OS/c1-18-14-7-4-11(9-16-14)10-17-15(12-5-6-12)13-3-2-8-19-13/h2-4,7-9,12,15,17H,5-6,10H2,1H3. The number of nitrogens with zero attached hydrogens (tertiary/aromatic N) is 1. The first-order valence-corrected chi connectivity index (χ1v) is 7.50. The summed E-state index contributed by atoms with van der Waals surface area (Å²) >= 11 is 1.84. The van der Waals surface area contributed by atoms with Gasteiger partial charge in [-0.05, 0) is 35.8 Å². The third-order valence-electron chi connectivity index (χ3n) is 3.48. The van der Waals surface area contributed by atoms with Crippen molar-refractivity contribution in [2.45, 2.75) is 25.4 Å². The van der Waals surface area contributed by atoms with Gasteiger partial charge < -0.3 is 10.1 Å². The zero-order valence-corrected chi connectivity index (χ0v) is 11.8. The number of aromatic nitrogens is 1. The number of rotatable bonds is 6. The molecule has 1 saturated carbocycles. The van der Waals surface area contributed by atoms with E-state index in [2.05, 4.69) is 33.9 Å². The van der Waals surface area contributed by atoms with E-state index in [9.17, 15) is 0 Å². The summed E-state index contributed by atoms with van der Waals surface area (Å²) in [7, 11) is 1.64. The molecule has 1 aliphatic carbocycles. The molecule has 1 aliphatic rings. The molecule has 0 aliphatic heterocycles. The third-order valence-corrected chi connectivity index (χ3v) is 4.43. The SMILES string of the molecule is COc1ccc(CNC(c2cccs2)C2CC2)cn1. The summed E-state index contributed by atoms with van der Waals surface area (Å²) in [5.74, 6) is 1.48. The van der Waals surface area contributed by atoms with Crippen molar-refractivity contribution in [1.82, 2.24) is 10.3 Å². The van der Waals surface area contributed by atoms with Gasteiger partial charge in [0.2, 0.25) is 5.88 Å². The minimum atomic E-state index is 0.502. The van der Waals surface area contributed by atoms with E-state index in [1.165, 1.54) is 23.3 Å². The molecule has 100 valence electrons. The number of nitrogens with one attached hydrogen (secondary N) is 1. The van der Waals surface area contributed by atoms with E-state index in [4.69, 9.17) is 4.74 Å². The minimum absolute atomic E-state index is 0.502. The van der Waals surface area contributed by atoms with Crippen LogP contribution in [0.4, 0.5) is 0 Å². The Bertz CT molecular complexity index is 505. The fourth-order valence-electron chi connectivity index (χ4n) is 2.26. The van der Waals surface area contributed by atoms with Crippen molar-refractivity contribution >= 4 is 11.3 Å². The predicted molar refractivity (Wildman–Crippen MR) is 77.4 cm³/mol. The van der Waals surface area contributed by atoms with Crippen LogP contribution in [0.1, 0.15) is 29.3 Å². The highest BCUT2D eigenvalue weighted by Crippen LogP contribution is 2.42. The third kappa shape index (κ3) is 3.14. The molecule has 3 nitrogen and oxygen atoms in total. The molecule has 1 unspecified atom stereocenters. The Morgan fingerprint density at radius 2 is 2.32 bits per heavy atom. The molecular formula is C15H18N2OS. The number of ether oxygens (including phenoxy) is 1. The van der Waals surface area contributed by atoms with Gasteiger partial charge >= 0.3 is 0 Å². The fourth-order valence-corrected chi connectivity index (χ4v) is 3.16. The van der Waals surface area contributed by atoms with Crippen LogP contribution in [0.3, 0.4) is 0 Å². The van der Waals surface area contributed by atoms with Crippen molar-refractivity contribution in [3.63, 3.8) is 0 Å². The van der Waals surface area contributed by atoms with Gasteiger partial charge in [0.05, 0.1) is 7.11 Å². The van der Waals surface area contributed by atoms with Gasteiger partial charge in [-0.25, -0.2) is 4.98 Å². The van der Waals surface area contributed by atoms with Crippen LogP contribution in [-0.2, 0) is 6.54 Å². The van der Waals surface area contributed by atoms with Gasteiger partial charge in [0, 0.05) is 29.7 Å². The Labute approximate surface area is 117 Å². The van der Waals surface area contributed by atoms with E-state index in [1.54, 1.807) is 7.11 Å². The maximum atomic E-state index is 5.07. The van der Waals surface area contributed by atoms with Crippen molar-refractivity contribution < 1.29 is 4.74 Å². The Kier molecular flexibility index (Phi) is 3.80. The van der Waals surface area contributed by atoms with Crippen molar-refractivity contribution in [1.29, 1.82) is 0 Å². The van der Waals surface area contributed by atoms with E-state index in [-0.39, 0.29) is 0 Å². The van der Waals surface area contributed by atoms with Crippen molar-refractivity contribution in [3.05, 3.63) is 46.3 Å². The topological polar surface area (TPSA) is 34.1 Å². The monoisotopic (exact) mass is 274 g/mol. The molecule has 2 aromatic heterocycles. The average Bonchev–Trinajstić information content (AvgIpc) is 3.14. The average molecular weight is 274 g/mol. The smallest absolute Gasteiger partial charge is 0.212 e. The van der Waals surface area contributed by atoms with Crippen molar-refractivity contribution in [2.24, 2.45) is 5.92 Å². The van der Waals surface area contributed by atoms with Crippen LogP contribution in [-0.4, -0.2) is 12.1 Å². The minimum Gasteiger partial charge on any atom is -0.481 e. The molecule has 0 aromatic carbocycles. The summed E-state index contributed by atoms with van der Waals surface area (Å²) in [6.45, 7) is 0.857. The lowest BCUT2D eigenvalue weighted by atomic mass is 10.1. The first-order valence-electron chi connectivity index (χ1n) is 6.62. The molecule has 0 radical (unpaired) electrons. The molecule has 0 amide bonds. The summed E-state index contributed by atoms with van der Waals surface area (Å²) in [6.07, 6.45) is 4.57. The molecule has 1 fully saturated rings. The second-order valence-electron chi connectivity index (χ2n) is 4.92. The van der Waals surface area contributed by atoms with Crippen LogP contribution in [0.15, 0.2) is 35.8 Å². The Morgan fingerprint density at radius 1 is 1.42 bits per heavy atom. The van der Waals surface area contributed by atoms with Gasteiger partial charge in [-0.1, -0.05) is 12.1 Å². The second-order valence-corrected chi connectivity index (χ2v) is 5.90. The van der Waals surface area contributed by atoms with Gasteiger partial charge in [-0.2, -0.15) is 0 Å². The van der Waals surface area contributed by atoms with Gasteiger partial charge in [0.15, 0.2) is 0 Å². The second kappa shape index (κ2) is 5.72. The summed E-state index contributed by atoms with van der Waals surface area (Å²) in [6, 6.07) is 8.84. The summed E-state index contributed by atoms with van der Waals surface area (Å²) in [4.78, 5) is 5.69. The van der Waals surface area contributed by atoms with Crippen molar-refractivity contribution in [2.75, 3.05) is 7.11 Å². The Hall–Kier alpha value is -1.39. The molecule has 0 bridgehead atoms. The molecule has 19 heavy (non-hydrogen) atoms. The lowest BCUT2D eigenvalue weighted by Gasteiger charge is -2.16. The van der Waals surface area contributed by atoms with Gasteiger partial charge in [0.25, 0.3) is 0 Å². The maximum Gasteiger partial charge on any atom is 0.212 e. The molecule has 1 N–H and O–H groups in total. The van der Waals surface area contributed by atoms with Gasteiger partial charge in [-0.3, -0.25) is 0 Å². The normalized spacial score (nSPS) is 16.3. The fraction of sp³-hybridized carbons (Fsp3) is 0.400. The Balaban J connectivity index is 1.63.